The van der Waals surface area contributed by atoms with Crippen molar-refractivity contribution in [3.05, 3.63) is 24.3 Å². The molecular formula is C10H10O5. The second kappa shape index (κ2) is 3.78. The summed E-state index contributed by atoms with van der Waals surface area (Å²) in [6, 6.07) is 6.71. The standard InChI is InChI=1S/C10H10O5/c11-6-5-14-7-3-1-2-4-8(7)15-9(6)10(12)13/h1-4,6,9,11H,5H2,(H,12,13). The number of fused-ring (bicyclic) bond motifs is 1. The van der Waals surface area contributed by atoms with E-state index in [-0.39, 0.29) is 6.61 Å². The van der Waals surface area contributed by atoms with Gasteiger partial charge in [0.1, 0.15) is 12.7 Å². The third-order valence-corrected chi connectivity index (χ3v) is 2.11. The quantitative estimate of drug-likeness (QED) is 0.695. The van der Waals surface area contributed by atoms with Gasteiger partial charge in [0.05, 0.1) is 0 Å². The summed E-state index contributed by atoms with van der Waals surface area (Å²) in [5.41, 5.74) is 0. The maximum atomic E-state index is 10.8. The molecule has 0 amide bonds. The first-order valence-electron chi connectivity index (χ1n) is 4.48. The van der Waals surface area contributed by atoms with E-state index in [1.807, 2.05) is 0 Å². The third kappa shape index (κ3) is 1.87. The zero-order valence-corrected chi connectivity index (χ0v) is 7.79. The molecule has 0 saturated heterocycles. The van der Waals surface area contributed by atoms with Crippen LogP contribution in [0.3, 0.4) is 0 Å². The molecule has 1 aromatic carbocycles. The number of hydrogen-bond donors (Lipinski definition) is 2. The third-order valence-electron chi connectivity index (χ3n) is 2.11. The minimum atomic E-state index is -1.28. The Balaban J connectivity index is 2.31. The Morgan fingerprint density at radius 3 is 2.67 bits per heavy atom. The summed E-state index contributed by atoms with van der Waals surface area (Å²) in [4.78, 5) is 10.8. The molecule has 0 fully saturated rings. The minimum Gasteiger partial charge on any atom is -0.487 e. The predicted octanol–water partition coefficient (Wildman–Crippen LogP) is 0.272. The van der Waals surface area contributed by atoms with Crippen LogP contribution in [0.4, 0.5) is 0 Å². The van der Waals surface area contributed by atoms with E-state index in [0.717, 1.165) is 0 Å². The lowest BCUT2D eigenvalue weighted by atomic mass is 10.2. The van der Waals surface area contributed by atoms with Crippen molar-refractivity contribution in [2.75, 3.05) is 6.61 Å². The van der Waals surface area contributed by atoms with Crippen LogP contribution >= 0.6 is 0 Å². The Morgan fingerprint density at radius 1 is 1.33 bits per heavy atom. The van der Waals surface area contributed by atoms with Crippen molar-refractivity contribution in [3.8, 4) is 11.5 Å². The number of carboxylic acid groups (broad SMARTS) is 1. The van der Waals surface area contributed by atoms with Crippen molar-refractivity contribution in [2.45, 2.75) is 12.2 Å². The van der Waals surface area contributed by atoms with Gasteiger partial charge < -0.3 is 19.7 Å². The molecule has 0 bridgehead atoms. The first-order valence-corrected chi connectivity index (χ1v) is 4.48. The second-order valence-electron chi connectivity index (χ2n) is 3.20. The summed E-state index contributed by atoms with van der Waals surface area (Å²) in [6.45, 7) is -0.0893. The van der Waals surface area contributed by atoms with Crippen molar-refractivity contribution >= 4 is 5.97 Å². The Hall–Kier alpha value is -1.75. The van der Waals surface area contributed by atoms with Crippen molar-refractivity contribution in [2.24, 2.45) is 0 Å². The first-order chi connectivity index (χ1) is 7.18. The highest BCUT2D eigenvalue weighted by Gasteiger charge is 2.32. The van der Waals surface area contributed by atoms with Gasteiger partial charge >= 0.3 is 5.97 Å². The molecule has 0 spiro atoms. The van der Waals surface area contributed by atoms with Crippen LogP contribution in [-0.2, 0) is 4.79 Å². The van der Waals surface area contributed by atoms with Gasteiger partial charge in [-0.1, -0.05) is 12.1 Å². The number of aliphatic hydroxyl groups is 1. The molecule has 2 N–H and O–H groups in total. The molecule has 2 unspecified atom stereocenters. The molecule has 15 heavy (non-hydrogen) atoms. The van der Waals surface area contributed by atoms with Crippen molar-refractivity contribution in [3.63, 3.8) is 0 Å². The Bertz CT molecular complexity index is 376. The van der Waals surface area contributed by atoms with E-state index >= 15 is 0 Å². The van der Waals surface area contributed by atoms with Gasteiger partial charge in [0.25, 0.3) is 0 Å². The number of benzene rings is 1. The van der Waals surface area contributed by atoms with E-state index in [1.165, 1.54) is 0 Å². The molecular weight excluding hydrogens is 200 g/mol. The molecule has 0 saturated carbocycles. The van der Waals surface area contributed by atoms with Crippen LogP contribution in [0.1, 0.15) is 0 Å². The normalized spacial score (nSPS) is 24.3. The average Bonchev–Trinajstić information content (AvgIpc) is 2.39. The van der Waals surface area contributed by atoms with E-state index in [1.54, 1.807) is 24.3 Å². The van der Waals surface area contributed by atoms with E-state index in [0.29, 0.717) is 11.5 Å². The van der Waals surface area contributed by atoms with E-state index in [9.17, 15) is 9.90 Å². The summed E-state index contributed by atoms with van der Waals surface area (Å²) in [7, 11) is 0. The number of rotatable bonds is 1. The molecule has 2 rings (SSSR count). The lowest BCUT2D eigenvalue weighted by Crippen LogP contribution is -2.40. The highest BCUT2D eigenvalue weighted by Crippen LogP contribution is 2.30. The zero-order chi connectivity index (χ0) is 10.8. The smallest absolute Gasteiger partial charge is 0.347 e. The highest BCUT2D eigenvalue weighted by atomic mass is 16.6. The van der Waals surface area contributed by atoms with Crippen LogP contribution in [0.2, 0.25) is 0 Å². The van der Waals surface area contributed by atoms with Gasteiger partial charge in [-0.25, -0.2) is 4.79 Å². The molecule has 1 aliphatic heterocycles. The summed E-state index contributed by atoms with van der Waals surface area (Å²) >= 11 is 0. The van der Waals surface area contributed by atoms with Crippen LogP contribution in [0.5, 0.6) is 11.5 Å². The summed E-state index contributed by atoms with van der Waals surface area (Å²) in [5.74, 6) is -0.426. The van der Waals surface area contributed by atoms with E-state index < -0.39 is 18.2 Å². The lowest BCUT2D eigenvalue weighted by Gasteiger charge is -2.15. The molecule has 0 radical (unpaired) electrons. The van der Waals surface area contributed by atoms with Crippen molar-refractivity contribution < 1.29 is 24.5 Å². The Labute approximate surface area is 85.9 Å². The molecule has 0 aliphatic carbocycles. The van der Waals surface area contributed by atoms with Crippen LogP contribution < -0.4 is 9.47 Å². The molecule has 0 aromatic heterocycles. The molecule has 1 aliphatic rings. The van der Waals surface area contributed by atoms with E-state index in [4.69, 9.17) is 14.6 Å². The SMILES string of the molecule is O=C(O)C1Oc2ccccc2OCC1O. The summed E-state index contributed by atoms with van der Waals surface area (Å²) < 4.78 is 10.4. The molecule has 2 atom stereocenters. The maximum absolute atomic E-state index is 10.8. The van der Waals surface area contributed by atoms with Crippen LogP contribution in [0.15, 0.2) is 24.3 Å². The number of para-hydroxylation sites is 2. The monoisotopic (exact) mass is 210 g/mol. The van der Waals surface area contributed by atoms with Gasteiger partial charge in [0, 0.05) is 0 Å². The van der Waals surface area contributed by atoms with E-state index in [2.05, 4.69) is 0 Å². The predicted molar refractivity (Wildman–Crippen MR) is 50.0 cm³/mol. The van der Waals surface area contributed by atoms with Crippen LogP contribution in [0, 0.1) is 0 Å². The van der Waals surface area contributed by atoms with Crippen molar-refractivity contribution in [1.29, 1.82) is 0 Å². The lowest BCUT2D eigenvalue weighted by molar-refractivity contribution is -0.150. The van der Waals surface area contributed by atoms with Crippen LogP contribution in [-0.4, -0.2) is 35.0 Å². The number of carbonyl (C=O) groups is 1. The largest absolute Gasteiger partial charge is 0.487 e. The topological polar surface area (TPSA) is 76.0 Å². The molecule has 1 heterocycles. The summed E-state index contributed by atoms with van der Waals surface area (Å²) in [6.07, 6.45) is -2.46. The van der Waals surface area contributed by atoms with Gasteiger partial charge in [-0.15, -0.1) is 0 Å². The number of carboxylic acids is 1. The zero-order valence-electron chi connectivity index (χ0n) is 7.79. The molecule has 1 aromatic rings. The number of hydrogen-bond acceptors (Lipinski definition) is 4. The van der Waals surface area contributed by atoms with Gasteiger partial charge in [0.15, 0.2) is 11.5 Å². The van der Waals surface area contributed by atoms with Crippen molar-refractivity contribution in [1.82, 2.24) is 0 Å². The minimum absolute atomic E-state index is 0.0893. The number of ether oxygens (including phenoxy) is 2. The molecule has 5 nitrogen and oxygen atoms in total. The maximum Gasteiger partial charge on any atom is 0.347 e. The fourth-order valence-corrected chi connectivity index (χ4v) is 1.36. The average molecular weight is 210 g/mol. The van der Waals surface area contributed by atoms with Gasteiger partial charge in [-0.3, -0.25) is 0 Å². The van der Waals surface area contributed by atoms with Crippen LogP contribution in [0.25, 0.3) is 0 Å². The fraction of sp³-hybridized carbons (Fsp3) is 0.300. The van der Waals surface area contributed by atoms with Gasteiger partial charge in [-0.2, -0.15) is 0 Å². The first kappa shape index (κ1) is 9.79. The highest BCUT2D eigenvalue weighted by molar-refractivity contribution is 5.74. The molecule has 5 heteroatoms. The number of aliphatic carboxylic acids is 1. The second-order valence-corrected chi connectivity index (χ2v) is 3.20. The molecule has 80 valence electrons. The number of aliphatic hydroxyl groups excluding tert-OH is 1. The van der Waals surface area contributed by atoms with Gasteiger partial charge in [-0.05, 0) is 12.1 Å². The summed E-state index contributed by atoms with van der Waals surface area (Å²) in [5, 5.41) is 18.3. The Morgan fingerprint density at radius 2 is 2.00 bits per heavy atom. The Kier molecular flexibility index (Phi) is 2.47. The van der Waals surface area contributed by atoms with Gasteiger partial charge in [0.2, 0.25) is 6.10 Å². The fourth-order valence-electron chi connectivity index (χ4n) is 1.36.